The van der Waals surface area contributed by atoms with Crippen LogP contribution in [0, 0.1) is 0 Å². The molecule has 0 bridgehead atoms. The van der Waals surface area contributed by atoms with Crippen LogP contribution in [-0.2, 0) is 13.1 Å². The van der Waals surface area contributed by atoms with Crippen molar-refractivity contribution in [1.29, 1.82) is 0 Å². The normalized spacial score (nSPS) is 15.8. The van der Waals surface area contributed by atoms with E-state index in [-0.39, 0.29) is 25.2 Å². The highest BCUT2D eigenvalue weighted by Gasteiger charge is 2.20. The number of benzene rings is 1. The van der Waals surface area contributed by atoms with Gasteiger partial charge in [0.1, 0.15) is 11.0 Å². The molecule has 3 aromatic heterocycles. The van der Waals surface area contributed by atoms with Crippen molar-refractivity contribution >= 4 is 33.7 Å². The second-order valence-electron chi connectivity index (χ2n) is 10.2. The lowest BCUT2D eigenvalue weighted by Gasteiger charge is -2.34. The molecule has 0 amide bonds. The van der Waals surface area contributed by atoms with Crippen LogP contribution in [0.1, 0.15) is 37.3 Å². The van der Waals surface area contributed by atoms with Crippen LogP contribution in [-0.4, -0.2) is 96.7 Å². The number of aliphatic hydroxyl groups is 2. The second kappa shape index (κ2) is 12.6. The lowest BCUT2D eigenvalue weighted by atomic mass is 10.0. The zero-order chi connectivity index (χ0) is 27.2. The number of pyridine rings is 1. The van der Waals surface area contributed by atoms with E-state index in [4.69, 9.17) is 10.7 Å². The molecule has 4 aromatic rings. The van der Waals surface area contributed by atoms with E-state index in [0.29, 0.717) is 24.3 Å². The number of nitrogens with two attached hydrogens (primary N) is 1. The fraction of sp³-hybridized carbons (Fsp3) is 0.500. The largest absolute Gasteiger partial charge is 0.396 e. The number of rotatable bonds is 12. The molecular formula is C28H39N9O2. The Morgan fingerprint density at radius 3 is 2.54 bits per heavy atom. The van der Waals surface area contributed by atoms with E-state index in [1.54, 1.807) is 6.20 Å². The monoisotopic (exact) mass is 533 g/mol. The van der Waals surface area contributed by atoms with Gasteiger partial charge in [0.25, 0.3) is 0 Å². The summed E-state index contributed by atoms with van der Waals surface area (Å²) in [5.74, 6) is 0.827. The first kappa shape index (κ1) is 27.2. The van der Waals surface area contributed by atoms with Gasteiger partial charge in [-0.25, -0.2) is 4.98 Å². The Kier molecular flexibility index (Phi) is 8.82. The number of nitrogens with one attached hydrogen (secondary N) is 1. The number of β-amino-alcohol motifs (C(OH)–C–C–N with tert-alkyl or cyclic N) is 1. The Hall–Kier alpha value is -3.38. The van der Waals surface area contributed by atoms with E-state index < -0.39 is 0 Å². The lowest BCUT2D eigenvalue weighted by Crippen LogP contribution is -2.46. The van der Waals surface area contributed by atoms with E-state index in [1.807, 2.05) is 16.9 Å². The topological polar surface area (TPSA) is 141 Å². The molecule has 5 rings (SSSR count). The molecule has 0 aliphatic carbocycles. The van der Waals surface area contributed by atoms with Crippen LogP contribution in [0.25, 0.3) is 21.9 Å². The van der Waals surface area contributed by atoms with Crippen molar-refractivity contribution in [2.24, 2.45) is 0 Å². The number of hydrogen-bond donors (Lipinski definition) is 4. The minimum atomic E-state index is 0.0770. The number of hydrogen-bond acceptors (Lipinski definition) is 10. The van der Waals surface area contributed by atoms with Crippen molar-refractivity contribution in [2.45, 2.75) is 45.3 Å². The van der Waals surface area contributed by atoms with E-state index in [2.05, 4.69) is 55.3 Å². The number of piperazine rings is 1. The summed E-state index contributed by atoms with van der Waals surface area (Å²) in [4.78, 5) is 18.5. The summed E-state index contributed by atoms with van der Waals surface area (Å²) in [5.41, 5.74) is 10.8. The molecule has 208 valence electrons. The van der Waals surface area contributed by atoms with E-state index in [1.165, 1.54) is 5.56 Å². The maximum absolute atomic E-state index is 9.54. The number of nitrogens with zero attached hydrogens (tertiary/aromatic N) is 7. The first-order valence-electron chi connectivity index (χ1n) is 13.9. The van der Waals surface area contributed by atoms with Crippen LogP contribution in [0.5, 0.6) is 0 Å². The van der Waals surface area contributed by atoms with Gasteiger partial charge in [-0.3, -0.25) is 19.5 Å². The number of anilines is 2. The molecule has 1 aliphatic rings. The molecule has 1 aromatic carbocycles. The fourth-order valence-corrected chi connectivity index (χ4v) is 5.49. The SMILES string of the molecule is CCC[C@@H](CCO)Nc1nc(N)nc2cnn(Cc3ccc(CN4CCN(CCO)CC4)c4cccnc34)c12. The molecule has 0 saturated carbocycles. The second-order valence-corrected chi connectivity index (χ2v) is 10.2. The molecule has 39 heavy (non-hydrogen) atoms. The first-order valence-corrected chi connectivity index (χ1v) is 13.9. The van der Waals surface area contributed by atoms with Crippen LogP contribution in [0.15, 0.2) is 36.7 Å². The predicted molar refractivity (Wildman–Crippen MR) is 153 cm³/mol. The third-order valence-corrected chi connectivity index (χ3v) is 7.50. The maximum atomic E-state index is 9.54. The Morgan fingerprint density at radius 2 is 1.77 bits per heavy atom. The van der Waals surface area contributed by atoms with Crippen molar-refractivity contribution in [3.8, 4) is 0 Å². The Bertz CT molecular complexity index is 1380. The van der Waals surface area contributed by atoms with Crippen LogP contribution < -0.4 is 11.1 Å². The first-order chi connectivity index (χ1) is 19.1. The summed E-state index contributed by atoms with van der Waals surface area (Å²) in [6.45, 7) is 8.47. The van der Waals surface area contributed by atoms with Crippen LogP contribution >= 0.6 is 0 Å². The van der Waals surface area contributed by atoms with E-state index in [0.717, 1.165) is 74.1 Å². The number of fused-ring (bicyclic) bond motifs is 2. The average Bonchev–Trinajstić information content (AvgIpc) is 3.34. The van der Waals surface area contributed by atoms with Gasteiger partial charge in [-0.1, -0.05) is 31.5 Å². The summed E-state index contributed by atoms with van der Waals surface area (Å²) in [5, 5.41) is 28.1. The summed E-state index contributed by atoms with van der Waals surface area (Å²) in [7, 11) is 0. The minimum absolute atomic E-state index is 0.0770. The van der Waals surface area contributed by atoms with Gasteiger partial charge in [-0.05, 0) is 30.0 Å². The fourth-order valence-electron chi connectivity index (χ4n) is 5.49. The third kappa shape index (κ3) is 6.27. The van der Waals surface area contributed by atoms with Gasteiger partial charge in [0.2, 0.25) is 5.95 Å². The Labute approximate surface area is 228 Å². The van der Waals surface area contributed by atoms with Crippen molar-refractivity contribution in [2.75, 3.05) is 57.0 Å². The molecular weight excluding hydrogens is 494 g/mol. The van der Waals surface area contributed by atoms with Gasteiger partial charge in [0.05, 0.1) is 24.9 Å². The average molecular weight is 534 g/mol. The van der Waals surface area contributed by atoms with Crippen LogP contribution in [0.2, 0.25) is 0 Å². The molecule has 11 heteroatoms. The van der Waals surface area contributed by atoms with Crippen molar-refractivity contribution in [3.63, 3.8) is 0 Å². The molecule has 4 heterocycles. The maximum Gasteiger partial charge on any atom is 0.222 e. The molecule has 1 atom stereocenters. The Balaban J connectivity index is 1.42. The zero-order valence-electron chi connectivity index (χ0n) is 22.6. The van der Waals surface area contributed by atoms with Gasteiger partial charge < -0.3 is 21.3 Å². The van der Waals surface area contributed by atoms with Crippen molar-refractivity contribution in [1.82, 2.24) is 34.5 Å². The van der Waals surface area contributed by atoms with Crippen molar-refractivity contribution in [3.05, 3.63) is 47.8 Å². The number of aromatic nitrogens is 5. The molecule has 1 fully saturated rings. The summed E-state index contributed by atoms with van der Waals surface area (Å²) < 4.78 is 1.91. The van der Waals surface area contributed by atoms with Crippen LogP contribution in [0.3, 0.4) is 0 Å². The Morgan fingerprint density at radius 1 is 0.974 bits per heavy atom. The molecule has 0 spiro atoms. The van der Waals surface area contributed by atoms with Gasteiger partial charge >= 0.3 is 0 Å². The van der Waals surface area contributed by atoms with Gasteiger partial charge in [-0.15, -0.1) is 0 Å². The standard InChI is InChI=1S/C28H39N9O2/c1-2-4-22(8-15-38)32-27-26-24(33-28(29)34-27)17-31-37(26)19-21-7-6-20(23-5-3-9-30-25(21)23)18-36-12-10-35(11-13-36)14-16-39/h3,5-7,9,17,22,38-39H,2,4,8,10-16,18-19H2,1H3,(H3,29,32,33,34)/t22-/m0/s1. The summed E-state index contributed by atoms with van der Waals surface area (Å²) in [6, 6.07) is 8.57. The van der Waals surface area contributed by atoms with Gasteiger partial charge in [0, 0.05) is 63.5 Å². The van der Waals surface area contributed by atoms with Crippen LogP contribution in [0.4, 0.5) is 11.8 Å². The summed E-state index contributed by atoms with van der Waals surface area (Å²) in [6.07, 6.45) is 6.08. The van der Waals surface area contributed by atoms with Gasteiger partial charge in [-0.2, -0.15) is 10.1 Å². The minimum Gasteiger partial charge on any atom is -0.396 e. The zero-order valence-corrected chi connectivity index (χ0v) is 22.6. The quantitative estimate of drug-likeness (QED) is 0.214. The highest BCUT2D eigenvalue weighted by molar-refractivity contribution is 5.88. The van der Waals surface area contributed by atoms with E-state index >= 15 is 0 Å². The predicted octanol–water partition coefficient (Wildman–Crippen LogP) is 2.08. The molecule has 0 unspecified atom stereocenters. The smallest absolute Gasteiger partial charge is 0.222 e. The van der Waals surface area contributed by atoms with E-state index in [9.17, 15) is 10.2 Å². The lowest BCUT2D eigenvalue weighted by molar-refractivity contribution is 0.109. The molecule has 0 radical (unpaired) electrons. The molecule has 1 saturated heterocycles. The number of nitrogen functional groups attached to an aromatic ring is 1. The van der Waals surface area contributed by atoms with Gasteiger partial charge in [0.15, 0.2) is 5.82 Å². The van der Waals surface area contributed by atoms with Crippen molar-refractivity contribution < 1.29 is 10.2 Å². The number of aliphatic hydroxyl groups excluding tert-OH is 2. The molecule has 5 N–H and O–H groups in total. The summed E-state index contributed by atoms with van der Waals surface area (Å²) >= 11 is 0. The highest BCUT2D eigenvalue weighted by atomic mass is 16.3. The molecule has 11 nitrogen and oxygen atoms in total. The third-order valence-electron chi connectivity index (χ3n) is 7.50. The highest BCUT2D eigenvalue weighted by Crippen LogP contribution is 2.27. The molecule has 1 aliphatic heterocycles.